The lowest BCUT2D eigenvalue weighted by molar-refractivity contribution is -0.121. The van der Waals surface area contributed by atoms with Crippen molar-refractivity contribution in [2.75, 3.05) is 5.73 Å². The number of H-pyrrole nitrogens is 1. The van der Waals surface area contributed by atoms with E-state index in [2.05, 4.69) is 9.97 Å². The molecule has 88 valence electrons. The van der Waals surface area contributed by atoms with E-state index in [1.807, 2.05) is 12.3 Å². The highest BCUT2D eigenvalue weighted by atomic mass is 32.2. The van der Waals surface area contributed by atoms with Gasteiger partial charge in [0.25, 0.3) is 5.56 Å². The Balaban J connectivity index is 2.65. The number of carbonyl (C=O) groups excluding carboxylic acids is 1. The van der Waals surface area contributed by atoms with Crippen LogP contribution in [0.5, 0.6) is 0 Å². The third kappa shape index (κ3) is 3.91. The predicted octanol–water partition coefficient (Wildman–Crippen LogP) is -0.787. The molecule has 0 saturated carbocycles. The van der Waals surface area contributed by atoms with E-state index in [9.17, 15) is 9.59 Å². The number of nitrogens with two attached hydrogens (primary N) is 2. The molecule has 0 bridgehead atoms. The highest BCUT2D eigenvalue weighted by Gasteiger charge is 2.11. The number of nitrogens with one attached hydrogen (secondary N) is 2. The maximum absolute atomic E-state index is 11.1. The van der Waals surface area contributed by atoms with Gasteiger partial charge in [-0.3, -0.25) is 15.0 Å². The van der Waals surface area contributed by atoms with Crippen molar-refractivity contribution in [2.45, 2.75) is 23.8 Å². The minimum atomic E-state index is -0.314. The zero-order chi connectivity index (χ0) is 12.1. The lowest BCUT2D eigenvalue weighted by Gasteiger charge is -2.08. The topological polar surface area (TPSA) is 127 Å². The number of nitrogen functional groups attached to an aromatic ring is 1. The van der Waals surface area contributed by atoms with Crippen LogP contribution in [0.1, 0.15) is 13.3 Å². The first-order valence-electron chi connectivity index (χ1n) is 4.54. The Kier molecular flexibility index (Phi) is 4.32. The van der Waals surface area contributed by atoms with Gasteiger partial charge in [-0.05, 0) is 0 Å². The summed E-state index contributed by atoms with van der Waals surface area (Å²) < 4.78 is 0. The molecule has 16 heavy (non-hydrogen) atoms. The van der Waals surface area contributed by atoms with Gasteiger partial charge in [0.2, 0.25) is 5.91 Å². The van der Waals surface area contributed by atoms with Gasteiger partial charge in [0.15, 0.2) is 5.16 Å². The van der Waals surface area contributed by atoms with Crippen molar-refractivity contribution >= 4 is 23.5 Å². The molecule has 0 aliphatic rings. The summed E-state index contributed by atoms with van der Waals surface area (Å²) in [6.45, 7) is 1.82. The van der Waals surface area contributed by atoms with Gasteiger partial charge >= 0.3 is 0 Å². The fraction of sp³-hybridized carbons (Fsp3) is 0.375. The number of thioether (sulfide) groups is 1. The highest BCUT2D eigenvalue weighted by Crippen LogP contribution is 2.20. The van der Waals surface area contributed by atoms with E-state index in [4.69, 9.17) is 11.6 Å². The van der Waals surface area contributed by atoms with Crippen LogP contribution in [-0.4, -0.2) is 21.1 Å². The summed E-state index contributed by atoms with van der Waals surface area (Å²) in [7, 11) is 0. The van der Waals surface area contributed by atoms with E-state index in [0.29, 0.717) is 5.16 Å². The number of nitrogens with zero attached hydrogens (tertiary/aromatic N) is 1. The molecule has 1 atom stereocenters. The predicted molar refractivity (Wildman–Crippen MR) is 61.5 cm³/mol. The van der Waals surface area contributed by atoms with E-state index in [1.54, 1.807) is 0 Å². The Labute approximate surface area is 96.0 Å². The molecule has 1 aromatic heterocycles. The fourth-order valence-electron chi connectivity index (χ4n) is 1.06. The summed E-state index contributed by atoms with van der Waals surface area (Å²) in [6, 6.07) is 1.20. The summed E-state index contributed by atoms with van der Waals surface area (Å²) in [6.07, 6.45) is 0.236. The van der Waals surface area contributed by atoms with Crippen molar-refractivity contribution in [3.05, 3.63) is 16.4 Å². The van der Waals surface area contributed by atoms with E-state index >= 15 is 0 Å². The minimum Gasteiger partial charge on any atom is -0.383 e. The molecular formula is C8H13N5O2S. The summed E-state index contributed by atoms with van der Waals surface area (Å²) in [4.78, 5) is 28.5. The summed E-state index contributed by atoms with van der Waals surface area (Å²) >= 11 is 1.25. The molecule has 0 fully saturated rings. The average molecular weight is 243 g/mol. The number of carbonyl (C=O) groups is 1. The minimum absolute atomic E-state index is 0.0616. The van der Waals surface area contributed by atoms with E-state index in [-0.39, 0.29) is 29.0 Å². The molecule has 0 radical (unpaired) electrons. The van der Waals surface area contributed by atoms with Gasteiger partial charge in [0.1, 0.15) is 5.82 Å². The Morgan fingerprint density at radius 1 is 1.75 bits per heavy atom. The van der Waals surface area contributed by atoms with Gasteiger partial charge in [0, 0.05) is 17.7 Å². The molecule has 1 unspecified atom stereocenters. The van der Waals surface area contributed by atoms with E-state index in [1.165, 1.54) is 17.8 Å². The van der Waals surface area contributed by atoms with Crippen LogP contribution in [0.15, 0.2) is 16.0 Å². The highest BCUT2D eigenvalue weighted by molar-refractivity contribution is 7.99. The fourth-order valence-corrected chi connectivity index (χ4v) is 1.99. The summed E-state index contributed by atoms with van der Waals surface area (Å²) in [5, 5.41) is 0.329. The number of anilines is 1. The van der Waals surface area contributed by atoms with Crippen LogP contribution < -0.4 is 22.6 Å². The lowest BCUT2D eigenvalue weighted by atomic mass is 10.3. The van der Waals surface area contributed by atoms with Gasteiger partial charge in [0.05, 0.1) is 0 Å². The molecule has 0 saturated heterocycles. The van der Waals surface area contributed by atoms with Crippen molar-refractivity contribution in [2.24, 2.45) is 5.84 Å². The Hall–Kier alpha value is -1.54. The quantitative estimate of drug-likeness (QED) is 0.180. The number of aromatic amines is 1. The Bertz CT molecular complexity index is 433. The molecule has 6 N–H and O–H groups in total. The van der Waals surface area contributed by atoms with Gasteiger partial charge in [-0.25, -0.2) is 10.8 Å². The number of hydrogen-bond acceptors (Lipinski definition) is 6. The molecule has 1 amide bonds. The Morgan fingerprint density at radius 2 is 2.44 bits per heavy atom. The first-order valence-corrected chi connectivity index (χ1v) is 5.42. The molecule has 8 heteroatoms. The van der Waals surface area contributed by atoms with Crippen molar-refractivity contribution in [3.63, 3.8) is 0 Å². The van der Waals surface area contributed by atoms with Crippen LogP contribution in [-0.2, 0) is 4.79 Å². The van der Waals surface area contributed by atoms with Crippen LogP contribution in [0.25, 0.3) is 0 Å². The zero-order valence-electron chi connectivity index (χ0n) is 8.69. The van der Waals surface area contributed by atoms with E-state index < -0.39 is 0 Å². The molecule has 0 aliphatic heterocycles. The van der Waals surface area contributed by atoms with Crippen LogP contribution in [0, 0.1) is 0 Å². The number of hydrogen-bond donors (Lipinski definition) is 4. The maximum Gasteiger partial charge on any atom is 0.253 e. The van der Waals surface area contributed by atoms with Crippen LogP contribution in [0.2, 0.25) is 0 Å². The first-order chi connectivity index (χ1) is 7.51. The largest absolute Gasteiger partial charge is 0.383 e. The number of amides is 1. The third-order valence-corrected chi connectivity index (χ3v) is 2.67. The third-order valence-electron chi connectivity index (χ3n) is 1.69. The van der Waals surface area contributed by atoms with Gasteiger partial charge in [-0.2, -0.15) is 0 Å². The molecule has 0 spiro atoms. The molecule has 1 aromatic rings. The molecule has 0 aliphatic carbocycles. The van der Waals surface area contributed by atoms with Crippen molar-refractivity contribution in [1.82, 2.24) is 15.4 Å². The molecule has 1 rings (SSSR count). The van der Waals surface area contributed by atoms with Crippen LogP contribution in [0.3, 0.4) is 0 Å². The van der Waals surface area contributed by atoms with Crippen molar-refractivity contribution in [1.29, 1.82) is 0 Å². The molecule has 0 aromatic carbocycles. The van der Waals surface area contributed by atoms with Gasteiger partial charge in [-0.15, -0.1) is 0 Å². The molecule has 7 nitrogen and oxygen atoms in total. The number of aromatic nitrogens is 2. The normalized spacial score (nSPS) is 12.1. The smallest absolute Gasteiger partial charge is 0.253 e. The van der Waals surface area contributed by atoms with E-state index in [0.717, 1.165) is 0 Å². The van der Waals surface area contributed by atoms with Crippen molar-refractivity contribution in [3.8, 4) is 0 Å². The second-order valence-electron chi connectivity index (χ2n) is 3.18. The van der Waals surface area contributed by atoms with Crippen LogP contribution in [0.4, 0.5) is 5.82 Å². The van der Waals surface area contributed by atoms with Gasteiger partial charge < -0.3 is 10.7 Å². The van der Waals surface area contributed by atoms with Crippen molar-refractivity contribution < 1.29 is 4.79 Å². The second-order valence-corrected chi connectivity index (χ2v) is 4.60. The number of rotatable bonds is 4. The SMILES string of the molecule is CC(CC(=O)NN)Sc1nc(N)cc(=O)[nH]1. The monoisotopic (exact) mass is 243 g/mol. The second kappa shape index (κ2) is 5.52. The molecule has 1 heterocycles. The summed E-state index contributed by atoms with van der Waals surface area (Å²) in [5.41, 5.74) is 7.14. The summed E-state index contributed by atoms with van der Waals surface area (Å²) in [5.74, 6) is 4.84. The Morgan fingerprint density at radius 3 is 3.00 bits per heavy atom. The van der Waals surface area contributed by atoms with Crippen LogP contribution >= 0.6 is 11.8 Å². The zero-order valence-corrected chi connectivity index (χ0v) is 9.50. The standard InChI is InChI=1S/C8H13N5O2S/c1-4(2-7(15)13-10)16-8-11-5(9)3-6(14)12-8/h3-4H,2,10H2,1H3,(H,13,15)(H3,9,11,12,14). The average Bonchev–Trinajstić information content (AvgIpc) is 2.15. The number of hydrazine groups is 1. The first kappa shape index (κ1) is 12.5. The molecular weight excluding hydrogens is 230 g/mol. The maximum atomic E-state index is 11.1. The van der Waals surface area contributed by atoms with Gasteiger partial charge in [-0.1, -0.05) is 18.7 Å². The lowest BCUT2D eigenvalue weighted by Crippen LogP contribution is -2.31.